The summed E-state index contributed by atoms with van der Waals surface area (Å²) in [6.07, 6.45) is -2.61. The van der Waals surface area contributed by atoms with Gasteiger partial charge in [-0.25, -0.2) is 13.2 Å². The van der Waals surface area contributed by atoms with E-state index < -0.39 is 12.2 Å². The molecule has 0 nitrogen and oxygen atoms in total. The van der Waals surface area contributed by atoms with Gasteiger partial charge in [-0.1, -0.05) is 0 Å². The Labute approximate surface area is 94.8 Å². The Balaban J connectivity index is 3.33. The molecule has 1 aromatic rings. The van der Waals surface area contributed by atoms with Crippen LogP contribution >= 0.6 is 45.2 Å². The minimum atomic E-state index is -2.61. The van der Waals surface area contributed by atoms with E-state index in [1.54, 1.807) is 45.2 Å². The van der Waals surface area contributed by atoms with Crippen LogP contribution in [0.3, 0.4) is 0 Å². The van der Waals surface area contributed by atoms with E-state index >= 15 is 0 Å². The predicted molar refractivity (Wildman–Crippen MR) is 56.8 cm³/mol. The van der Waals surface area contributed by atoms with E-state index in [0.717, 1.165) is 0 Å². The molecular weight excluding hydrogens is 395 g/mol. The van der Waals surface area contributed by atoms with Gasteiger partial charge in [0.15, 0.2) is 0 Å². The third kappa shape index (κ3) is 2.04. The molecule has 1 aromatic carbocycles. The Morgan fingerprint density at radius 1 is 1.17 bits per heavy atom. The average Bonchev–Trinajstić information content (AvgIpc) is 1.97. The fourth-order valence-electron chi connectivity index (χ4n) is 0.743. The van der Waals surface area contributed by atoms with Crippen LogP contribution in [0.1, 0.15) is 12.0 Å². The van der Waals surface area contributed by atoms with Crippen molar-refractivity contribution < 1.29 is 13.2 Å². The topological polar surface area (TPSA) is 0 Å². The summed E-state index contributed by atoms with van der Waals surface area (Å²) in [7, 11) is 0. The highest BCUT2D eigenvalue weighted by molar-refractivity contribution is 14.1. The van der Waals surface area contributed by atoms with Crippen LogP contribution < -0.4 is 0 Å². The van der Waals surface area contributed by atoms with Gasteiger partial charge in [0.05, 0.1) is 3.57 Å². The molecular formula is C7H3F3I2. The summed E-state index contributed by atoms with van der Waals surface area (Å²) < 4.78 is 37.8. The van der Waals surface area contributed by atoms with Gasteiger partial charge in [0.1, 0.15) is 5.82 Å². The first kappa shape index (κ1) is 10.6. The number of hydrogen-bond acceptors (Lipinski definition) is 0. The van der Waals surface area contributed by atoms with Crippen LogP contribution in [0.25, 0.3) is 0 Å². The quantitative estimate of drug-likeness (QED) is 0.497. The van der Waals surface area contributed by atoms with Gasteiger partial charge >= 0.3 is 0 Å². The molecule has 0 heterocycles. The number of rotatable bonds is 1. The summed E-state index contributed by atoms with van der Waals surface area (Å²) in [5.74, 6) is -0.591. The molecule has 0 saturated heterocycles. The third-order valence-corrected chi connectivity index (χ3v) is 3.33. The average molecular weight is 398 g/mol. The van der Waals surface area contributed by atoms with Gasteiger partial charge < -0.3 is 0 Å². The van der Waals surface area contributed by atoms with Gasteiger partial charge in [-0.05, 0) is 57.3 Å². The van der Waals surface area contributed by atoms with Crippen molar-refractivity contribution in [1.82, 2.24) is 0 Å². The van der Waals surface area contributed by atoms with Crippen molar-refractivity contribution in [2.45, 2.75) is 6.43 Å². The zero-order valence-electron chi connectivity index (χ0n) is 5.62. The molecule has 0 atom stereocenters. The van der Waals surface area contributed by atoms with Crippen LogP contribution in [-0.4, -0.2) is 0 Å². The molecule has 0 fully saturated rings. The Hall–Kier alpha value is 0.470. The molecule has 0 N–H and O–H groups in total. The van der Waals surface area contributed by atoms with E-state index in [4.69, 9.17) is 0 Å². The van der Waals surface area contributed by atoms with Crippen molar-refractivity contribution in [3.8, 4) is 0 Å². The molecule has 1 rings (SSSR count). The molecule has 0 aliphatic carbocycles. The first-order chi connectivity index (χ1) is 5.54. The molecule has 0 spiro atoms. The highest BCUT2D eigenvalue weighted by Crippen LogP contribution is 2.30. The van der Waals surface area contributed by atoms with Gasteiger partial charge in [0.2, 0.25) is 0 Å². The molecule has 0 unspecified atom stereocenters. The summed E-state index contributed by atoms with van der Waals surface area (Å²) in [4.78, 5) is 0. The predicted octanol–water partition coefficient (Wildman–Crippen LogP) is 3.97. The maximum atomic E-state index is 12.8. The Morgan fingerprint density at radius 2 is 1.75 bits per heavy atom. The van der Waals surface area contributed by atoms with Crippen molar-refractivity contribution in [2.24, 2.45) is 0 Å². The van der Waals surface area contributed by atoms with Crippen molar-refractivity contribution in [3.63, 3.8) is 0 Å². The summed E-state index contributed by atoms with van der Waals surface area (Å²) in [5, 5.41) is 0. The largest absolute Gasteiger partial charge is 0.265 e. The smallest absolute Gasteiger partial charge is 0.206 e. The number of benzene rings is 1. The van der Waals surface area contributed by atoms with Crippen molar-refractivity contribution in [3.05, 3.63) is 30.7 Å². The molecule has 0 saturated carbocycles. The fourth-order valence-corrected chi connectivity index (χ4v) is 2.65. The van der Waals surface area contributed by atoms with Gasteiger partial charge in [0.25, 0.3) is 6.43 Å². The molecule has 0 bridgehead atoms. The van der Waals surface area contributed by atoms with Gasteiger partial charge in [-0.3, -0.25) is 0 Å². The van der Waals surface area contributed by atoms with E-state index in [9.17, 15) is 13.2 Å². The van der Waals surface area contributed by atoms with E-state index in [1.165, 1.54) is 12.1 Å². The van der Waals surface area contributed by atoms with Gasteiger partial charge in [-0.15, -0.1) is 0 Å². The Morgan fingerprint density at radius 3 is 2.17 bits per heavy atom. The second kappa shape index (κ2) is 4.12. The molecule has 0 aliphatic rings. The Kier molecular flexibility index (Phi) is 3.62. The zero-order chi connectivity index (χ0) is 9.30. The summed E-state index contributed by atoms with van der Waals surface area (Å²) in [5.41, 5.74) is -0.212. The molecule has 0 aromatic heterocycles. The molecule has 12 heavy (non-hydrogen) atoms. The van der Waals surface area contributed by atoms with Crippen LogP contribution in [0.5, 0.6) is 0 Å². The lowest BCUT2D eigenvalue weighted by atomic mass is 10.2. The van der Waals surface area contributed by atoms with E-state index in [-0.39, 0.29) is 9.13 Å². The van der Waals surface area contributed by atoms with E-state index in [2.05, 4.69) is 0 Å². The Bertz CT molecular complexity index is 299. The minimum absolute atomic E-state index is 0.00880. The lowest BCUT2D eigenvalue weighted by molar-refractivity contribution is 0.149. The molecule has 0 aliphatic heterocycles. The van der Waals surface area contributed by atoms with Crippen LogP contribution in [0, 0.1) is 13.0 Å². The van der Waals surface area contributed by atoms with Crippen molar-refractivity contribution in [1.29, 1.82) is 0 Å². The highest BCUT2D eigenvalue weighted by Gasteiger charge is 2.17. The van der Waals surface area contributed by atoms with Crippen LogP contribution in [0.2, 0.25) is 0 Å². The standard InChI is InChI=1S/C7H3F3I2/c8-3-1-2-4(11)5(6(3)12)7(9)10/h1-2,7H. The monoisotopic (exact) mass is 398 g/mol. The molecule has 5 heteroatoms. The lowest BCUT2D eigenvalue weighted by Gasteiger charge is -2.06. The van der Waals surface area contributed by atoms with Crippen LogP contribution in [0.15, 0.2) is 12.1 Å². The normalized spacial score (nSPS) is 10.8. The molecule has 0 radical (unpaired) electrons. The minimum Gasteiger partial charge on any atom is -0.206 e. The second-order valence-corrected chi connectivity index (χ2v) is 4.30. The number of halogens is 5. The molecule has 66 valence electrons. The maximum absolute atomic E-state index is 12.8. The SMILES string of the molecule is Fc1ccc(I)c(C(F)F)c1I. The second-order valence-electron chi connectivity index (χ2n) is 2.06. The lowest BCUT2D eigenvalue weighted by Crippen LogP contribution is -1.96. The summed E-state index contributed by atoms with van der Waals surface area (Å²) in [6, 6.07) is 2.54. The van der Waals surface area contributed by atoms with Gasteiger partial charge in [-0.2, -0.15) is 0 Å². The fraction of sp³-hybridized carbons (Fsp3) is 0.143. The maximum Gasteiger partial charge on any atom is 0.265 e. The number of hydrogen-bond donors (Lipinski definition) is 0. The van der Waals surface area contributed by atoms with Crippen molar-refractivity contribution in [2.75, 3.05) is 0 Å². The first-order valence-corrected chi connectivity index (χ1v) is 5.11. The number of alkyl halides is 2. The van der Waals surface area contributed by atoms with Crippen LogP contribution in [-0.2, 0) is 0 Å². The zero-order valence-corrected chi connectivity index (χ0v) is 9.94. The van der Waals surface area contributed by atoms with E-state index in [1.807, 2.05) is 0 Å². The van der Waals surface area contributed by atoms with Crippen molar-refractivity contribution >= 4 is 45.2 Å². The summed E-state index contributed by atoms with van der Waals surface area (Å²) in [6.45, 7) is 0. The highest BCUT2D eigenvalue weighted by atomic mass is 127. The van der Waals surface area contributed by atoms with E-state index in [0.29, 0.717) is 3.57 Å². The first-order valence-electron chi connectivity index (χ1n) is 2.95. The summed E-state index contributed by atoms with van der Waals surface area (Å²) >= 11 is 3.35. The molecule has 0 amide bonds. The third-order valence-electron chi connectivity index (χ3n) is 1.30. The van der Waals surface area contributed by atoms with Gasteiger partial charge in [0, 0.05) is 9.13 Å². The van der Waals surface area contributed by atoms with Crippen LogP contribution in [0.4, 0.5) is 13.2 Å².